The molecule has 0 amide bonds. The first-order valence-electron chi connectivity index (χ1n) is 2.67. The fourth-order valence-electron chi connectivity index (χ4n) is 0.548. The third kappa shape index (κ3) is 1.43. The van der Waals surface area contributed by atoms with Crippen LogP contribution in [-0.2, 0) is 4.74 Å². The van der Waals surface area contributed by atoms with E-state index in [1.807, 2.05) is 11.9 Å². The van der Waals surface area contributed by atoms with Gasteiger partial charge in [-0.3, -0.25) is 0 Å². The van der Waals surface area contributed by atoms with Crippen LogP contribution in [0.25, 0.3) is 0 Å². The SMILES string of the molecule is CN1C#CCOCC1. The van der Waals surface area contributed by atoms with Crippen LogP contribution in [0.4, 0.5) is 0 Å². The van der Waals surface area contributed by atoms with E-state index < -0.39 is 0 Å². The number of hydrogen-bond acceptors (Lipinski definition) is 2. The number of hydrogen-bond donors (Lipinski definition) is 0. The van der Waals surface area contributed by atoms with Crippen molar-refractivity contribution in [3.05, 3.63) is 0 Å². The summed E-state index contributed by atoms with van der Waals surface area (Å²) < 4.78 is 5.05. The molecule has 0 radical (unpaired) electrons. The topological polar surface area (TPSA) is 12.5 Å². The predicted molar refractivity (Wildman–Crippen MR) is 31.2 cm³/mol. The van der Waals surface area contributed by atoms with Gasteiger partial charge in [0.1, 0.15) is 6.61 Å². The summed E-state index contributed by atoms with van der Waals surface area (Å²) >= 11 is 0. The van der Waals surface area contributed by atoms with Gasteiger partial charge in [-0.15, -0.1) is 0 Å². The Morgan fingerprint density at radius 2 is 2.50 bits per heavy atom. The van der Waals surface area contributed by atoms with Crippen molar-refractivity contribution in [2.45, 2.75) is 0 Å². The number of ether oxygens (including phenoxy) is 1. The minimum atomic E-state index is 0.588. The zero-order valence-corrected chi connectivity index (χ0v) is 4.98. The van der Waals surface area contributed by atoms with Gasteiger partial charge in [-0.05, 0) is 0 Å². The van der Waals surface area contributed by atoms with Crippen LogP contribution >= 0.6 is 0 Å². The van der Waals surface area contributed by atoms with Crippen molar-refractivity contribution in [1.29, 1.82) is 0 Å². The molecule has 1 heterocycles. The van der Waals surface area contributed by atoms with Crippen molar-refractivity contribution in [3.63, 3.8) is 0 Å². The fourth-order valence-corrected chi connectivity index (χ4v) is 0.548. The number of nitrogens with zero attached hydrogens (tertiary/aromatic N) is 1. The highest BCUT2D eigenvalue weighted by Gasteiger charge is 1.93. The third-order valence-corrected chi connectivity index (χ3v) is 1.02. The van der Waals surface area contributed by atoms with Crippen LogP contribution in [0.2, 0.25) is 0 Å². The van der Waals surface area contributed by atoms with Crippen molar-refractivity contribution in [2.24, 2.45) is 0 Å². The van der Waals surface area contributed by atoms with Crippen molar-refractivity contribution >= 4 is 0 Å². The van der Waals surface area contributed by atoms with Gasteiger partial charge in [0.15, 0.2) is 0 Å². The first-order valence-corrected chi connectivity index (χ1v) is 2.67. The molecule has 0 aromatic heterocycles. The van der Waals surface area contributed by atoms with Gasteiger partial charge in [-0.25, -0.2) is 0 Å². The minimum absolute atomic E-state index is 0.588. The smallest absolute Gasteiger partial charge is 0.109 e. The molecule has 0 aromatic rings. The molecule has 2 heteroatoms. The summed E-state index contributed by atoms with van der Waals surface area (Å²) in [6.07, 6.45) is 0. The maximum Gasteiger partial charge on any atom is 0.109 e. The molecule has 0 N–H and O–H groups in total. The Kier molecular flexibility index (Phi) is 1.76. The highest BCUT2D eigenvalue weighted by Crippen LogP contribution is 1.83. The zero-order chi connectivity index (χ0) is 5.82. The first-order chi connectivity index (χ1) is 3.89. The van der Waals surface area contributed by atoms with Gasteiger partial charge in [0.05, 0.1) is 6.61 Å². The molecule has 44 valence electrons. The lowest BCUT2D eigenvalue weighted by Gasteiger charge is -2.05. The molecule has 0 atom stereocenters. The van der Waals surface area contributed by atoms with Crippen molar-refractivity contribution in [3.8, 4) is 12.0 Å². The van der Waals surface area contributed by atoms with Crippen molar-refractivity contribution in [2.75, 3.05) is 26.8 Å². The van der Waals surface area contributed by atoms with Crippen LogP contribution in [0.5, 0.6) is 0 Å². The largest absolute Gasteiger partial charge is 0.367 e. The zero-order valence-electron chi connectivity index (χ0n) is 4.98. The highest BCUT2D eigenvalue weighted by molar-refractivity contribution is 4.98. The molecular formula is C6H9NO. The Hall–Kier alpha value is -0.680. The Balaban J connectivity index is 2.39. The van der Waals surface area contributed by atoms with Crippen LogP contribution in [0.15, 0.2) is 0 Å². The third-order valence-electron chi connectivity index (χ3n) is 1.02. The van der Waals surface area contributed by atoms with E-state index in [-0.39, 0.29) is 0 Å². The molecule has 0 bridgehead atoms. The molecule has 0 fully saturated rings. The molecule has 0 aliphatic carbocycles. The van der Waals surface area contributed by atoms with Gasteiger partial charge in [0.2, 0.25) is 0 Å². The Morgan fingerprint density at radius 3 is 3.38 bits per heavy atom. The number of likely N-dealkylation sites (N-methyl/N-ethyl adjacent to an activating group) is 1. The van der Waals surface area contributed by atoms with E-state index in [0.717, 1.165) is 13.2 Å². The van der Waals surface area contributed by atoms with E-state index in [1.54, 1.807) is 0 Å². The van der Waals surface area contributed by atoms with Crippen molar-refractivity contribution < 1.29 is 4.74 Å². The van der Waals surface area contributed by atoms with E-state index in [2.05, 4.69) is 12.0 Å². The Labute approximate surface area is 49.4 Å². The summed E-state index contributed by atoms with van der Waals surface area (Å²) in [4.78, 5) is 1.94. The maximum atomic E-state index is 5.05. The van der Waals surface area contributed by atoms with Crippen LogP contribution in [0, 0.1) is 12.0 Å². The summed E-state index contributed by atoms with van der Waals surface area (Å²) in [7, 11) is 1.96. The summed E-state index contributed by atoms with van der Waals surface area (Å²) in [5, 5.41) is 0. The molecule has 0 aromatic carbocycles. The van der Waals surface area contributed by atoms with Crippen LogP contribution in [-0.4, -0.2) is 31.7 Å². The lowest BCUT2D eigenvalue weighted by Crippen LogP contribution is -2.15. The quantitative estimate of drug-likeness (QED) is 0.405. The van der Waals surface area contributed by atoms with Gasteiger partial charge in [-0.1, -0.05) is 5.92 Å². The lowest BCUT2D eigenvalue weighted by molar-refractivity contribution is 0.159. The second-order valence-electron chi connectivity index (χ2n) is 1.76. The monoisotopic (exact) mass is 111 g/mol. The fraction of sp³-hybridized carbons (Fsp3) is 0.667. The van der Waals surface area contributed by atoms with E-state index in [1.165, 1.54) is 0 Å². The van der Waals surface area contributed by atoms with Gasteiger partial charge < -0.3 is 9.64 Å². The maximum absolute atomic E-state index is 5.05. The molecule has 2 nitrogen and oxygen atoms in total. The molecule has 0 saturated heterocycles. The van der Waals surface area contributed by atoms with Gasteiger partial charge >= 0.3 is 0 Å². The van der Waals surface area contributed by atoms with E-state index in [0.29, 0.717) is 6.61 Å². The molecule has 0 saturated carbocycles. The molecule has 0 unspecified atom stereocenters. The molecule has 0 spiro atoms. The summed E-state index contributed by atoms with van der Waals surface area (Å²) in [6, 6.07) is 2.90. The van der Waals surface area contributed by atoms with E-state index in [9.17, 15) is 0 Å². The summed E-state index contributed by atoms with van der Waals surface area (Å²) in [5.41, 5.74) is 0. The van der Waals surface area contributed by atoms with Gasteiger partial charge in [-0.2, -0.15) is 0 Å². The predicted octanol–water partition coefficient (Wildman–Crippen LogP) is -0.0907. The lowest BCUT2D eigenvalue weighted by atomic mass is 10.6. The standard InChI is InChI=1S/C6H9NO/c1-7-3-2-5-8-6-4-7/h4-6H2,1H3. The molecule has 1 aliphatic heterocycles. The van der Waals surface area contributed by atoms with Gasteiger partial charge in [0, 0.05) is 19.6 Å². The van der Waals surface area contributed by atoms with E-state index >= 15 is 0 Å². The summed E-state index contributed by atoms with van der Waals surface area (Å²) in [6.45, 7) is 2.30. The normalized spacial score (nSPS) is 18.9. The Morgan fingerprint density at radius 1 is 1.62 bits per heavy atom. The molecular weight excluding hydrogens is 102 g/mol. The second kappa shape index (κ2) is 2.58. The summed E-state index contributed by atoms with van der Waals surface area (Å²) in [5.74, 6) is 2.85. The molecule has 1 aliphatic rings. The van der Waals surface area contributed by atoms with Crippen LogP contribution in [0.1, 0.15) is 0 Å². The second-order valence-corrected chi connectivity index (χ2v) is 1.76. The Bertz CT molecular complexity index is 122. The average Bonchev–Trinajstić information content (AvgIpc) is 1.94. The van der Waals surface area contributed by atoms with E-state index in [4.69, 9.17) is 4.74 Å². The molecule has 1 rings (SSSR count). The van der Waals surface area contributed by atoms with Crippen molar-refractivity contribution in [1.82, 2.24) is 4.90 Å². The van der Waals surface area contributed by atoms with Crippen LogP contribution < -0.4 is 0 Å². The molecule has 8 heavy (non-hydrogen) atoms. The first kappa shape index (κ1) is 5.46. The highest BCUT2D eigenvalue weighted by atomic mass is 16.5. The van der Waals surface area contributed by atoms with Gasteiger partial charge in [0.25, 0.3) is 0 Å². The average molecular weight is 111 g/mol. The minimum Gasteiger partial charge on any atom is -0.367 e. The van der Waals surface area contributed by atoms with Crippen LogP contribution in [0.3, 0.4) is 0 Å². The number of rotatable bonds is 0.